The Bertz CT molecular complexity index is 1380. The molecule has 0 aliphatic carbocycles. The SMILES string of the molecule is CCN(CC)C(=O)OCN1C(=O)CC(C)(C)c2ccc(OCCCCN3CCN(c4cccc5sccc45)CC3)cc21. The third-order valence-electron chi connectivity index (χ3n) is 8.55. The zero-order valence-electron chi connectivity index (χ0n) is 25.4. The molecule has 5 rings (SSSR count). The number of amides is 2. The van der Waals surface area contributed by atoms with E-state index in [0.29, 0.717) is 26.1 Å². The first-order valence-electron chi connectivity index (χ1n) is 15.2. The van der Waals surface area contributed by atoms with E-state index in [2.05, 4.69) is 53.3 Å². The number of fused-ring (bicyclic) bond motifs is 2. The van der Waals surface area contributed by atoms with Gasteiger partial charge in [0.1, 0.15) is 5.75 Å². The van der Waals surface area contributed by atoms with E-state index in [1.54, 1.807) is 21.1 Å². The highest BCUT2D eigenvalue weighted by Gasteiger charge is 2.37. The highest BCUT2D eigenvalue weighted by Crippen LogP contribution is 2.42. The summed E-state index contributed by atoms with van der Waals surface area (Å²) in [5.74, 6) is 0.680. The van der Waals surface area contributed by atoms with E-state index < -0.39 is 6.09 Å². The van der Waals surface area contributed by atoms with Crippen molar-refractivity contribution in [1.82, 2.24) is 9.80 Å². The minimum absolute atomic E-state index is 0.0518. The van der Waals surface area contributed by atoms with Crippen molar-refractivity contribution in [3.63, 3.8) is 0 Å². The fourth-order valence-electron chi connectivity index (χ4n) is 6.03. The largest absolute Gasteiger partial charge is 0.494 e. The Morgan fingerprint density at radius 2 is 1.79 bits per heavy atom. The molecule has 1 fully saturated rings. The summed E-state index contributed by atoms with van der Waals surface area (Å²) in [4.78, 5) is 33.8. The molecule has 2 amide bonds. The number of carbonyl (C=O) groups is 2. The van der Waals surface area contributed by atoms with Gasteiger partial charge >= 0.3 is 6.09 Å². The standard InChI is InChI=1S/C33H44N4O4S/c1-5-35(6-2)32(39)41-24-37-29-22-25(12-13-27(29)33(3,4)23-31(37)38)40-20-8-7-15-34-16-18-36(19-17-34)28-10-9-11-30-26(28)14-21-42-30/h9-14,21-22H,5-8,15-20,23-24H2,1-4H3. The van der Waals surface area contributed by atoms with Gasteiger partial charge in [0, 0.05) is 72.9 Å². The molecule has 9 heteroatoms. The molecule has 3 aromatic rings. The molecule has 1 aromatic heterocycles. The van der Waals surface area contributed by atoms with E-state index in [4.69, 9.17) is 9.47 Å². The number of nitrogens with zero attached hydrogens (tertiary/aromatic N) is 4. The van der Waals surface area contributed by atoms with Gasteiger partial charge in [-0.15, -0.1) is 11.3 Å². The number of anilines is 2. The first-order chi connectivity index (χ1) is 20.3. The number of benzene rings is 2. The number of rotatable bonds is 11. The van der Waals surface area contributed by atoms with Crippen LogP contribution in [-0.2, 0) is 14.9 Å². The minimum Gasteiger partial charge on any atom is -0.494 e. The molecule has 2 aliphatic heterocycles. The normalized spacial score (nSPS) is 16.9. The third-order valence-corrected chi connectivity index (χ3v) is 9.43. The molecule has 0 unspecified atom stereocenters. The van der Waals surface area contributed by atoms with Gasteiger partial charge in [-0.3, -0.25) is 14.6 Å². The molecule has 0 atom stereocenters. The molecule has 0 saturated carbocycles. The number of piperazine rings is 1. The predicted octanol–water partition coefficient (Wildman–Crippen LogP) is 6.33. The van der Waals surface area contributed by atoms with Crippen LogP contribution in [0.15, 0.2) is 47.8 Å². The maximum absolute atomic E-state index is 13.1. The second kappa shape index (κ2) is 13.3. The van der Waals surface area contributed by atoms with Gasteiger partial charge < -0.3 is 19.3 Å². The van der Waals surface area contributed by atoms with Crippen LogP contribution in [0.3, 0.4) is 0 Å². The van der Waals surface area contributed by atoms with E-state index >= 15 is 0 Å². The zero-order valence-corrected chi connectivity index (χ0v) is 26.3. The van der Waals surface area contributed by atoms with Gasteiger partial charge in [-0.05, 0) is 68.4 Å². The molecule has 0 bridgehead atoms. The zero-order chi connectivity index (χ0) is 29.7. The van der Waals surface area contributed by atoms with Crippen LogP contribution in [0.2, 0.25) is 0 Å². The van der Waals surface area contributed by atoms with Crippen molar-refractivity contribution in [1.29, 1.82) is 0 Å². The van der Waals surface area contributed by atoms with Gasteiger partial charge in [-0.2, -0.15) is 0 Å². The number of carbonyl (C=O) groups excluding carboxylic acids is 2. The second-order valence-corrected chi connectivity index (χ2v) is 12.7. The van der Waals surface area contributed by atoms with Gasteiger partial charge in [0.05, 0.1) is 12.3 Å². The lowest BCUT2D eigenvalue weighted by atomic mass is 9.77. The van der Waals surface area contributed by atoms with Crippen molar-refractivity contribution in [2.45, 2.75) is 52.4 Å². The average molecular weight is 593 g/mol. The Kier molecular flexibility index (Phi) is 9.58. The van der Waals surface area contributed by atoms with Crippen LogP contribution in [0.4, 0.5) is 16.2 Å². The Balaban J connectivity index is 1.10. The Morgan fingerprint density at radius 1 is 1.00 bits per heavy atom. The van der Waals surface area contributed by atoms with Crippen LogP contribution < -0.4 is 14.5 Å². The van der Waals surface area contributed by atoms with Crippen molar-refractivity contribution >= 4 is 44.8 Å². The van der Waals surface area contributed by atoms with Crippen LogP contribution in [-0.4, -0.2) is 81.0 Å². The van der Waals surface area contributed by atoms with E-state index in [-0.39, 0.29) is 18.1 Å². The summed E-state index contributed by atoms with van der Waals surface area (Å²) in [6.07, 6.45) is 1.99. The number of unbranched alkanes of at least 4 members (excludes halogenated alkanes) is 1. The molecule has 0 spiro atoms. The molecule has 2 aromatic carbocycles. The molecular weight excluding hydrogens is 548 g/mol. The maximum atomic E-state index is 13.1. The Labute approximate surface area is 253 Å². The molecule has 1 saturated heterocycles. The van der Waals surface area contributed by atoms with Crippen LogP contribution in [0.25, 0.3) is 10.1 Å². The number of hydrogen-bond acceptors (Lipinski definition) is 7. The van der Waals surface area contributed by atoms with Gasteiger partial charge in [0.15, 0.2) is 6.73 Å². The van der Waals surface area contributed by atoms with Crippen molar-refractivity contribution in [2.24, 2.45) is 0 Å². The molecular formula is C33H44N4O4S. The Hall–Kier alpha value is -3.30. The number of thiophene rings is 1. The van der Waals surface area contributed by atoms with Crippen LogP contribution in [0.1, 0.15) is 52.5 Å². The predicted molar refractivity (Wildman–Crippen MR) is 171 cm³/mol. The van der Waals surface area contributed by atoms with Gasteiger partial charge in [0.25, 0.3) is 0 Å². The van der Waals surface area contributed by atoms with Crippen molar-refractivity contribution in [2.75, 3.05) is 69.0 Å². The van der Waals surface area contributed by atoms with Crippen LogP contribution >= 0.6 is 11.3 Å². The fourth-order valence-corrected chi connectivity index (χ4v) is 6.84. The lowest BCUT2D eigenvalue weighted by Gasteiger charge is -2.38. The van der Waals surface area contributed by atoms with Gasteiger partial charge in [-0.25, -0.2) is 4.79 Å². The molecule has 0 N–H and O–H groups in total. The Morgan fingerprint density at radius 3 is 2.55 bits per heavy atom. The molecule has 226 valence electrons. The highest BCUT2D eigenvalue weighted by molar-refractivity contribution is 7.17. The third kappa shape index (κ3) is 6.68. The number of ether oxygens (including phenoxy) is 2. The smallest absolute Gasteiger partial charge is 0.411 e. The summed E-state index contributed by atoms with van der Waals surface area (Å²) in [5.41, 5.74) is 2.88. The van der Waals surface area contributed by atoms with Gasteiger partial charge in [-0.1, -0.05) is 26.0 Å². The molecule has 3 heterocycles. The van der Waals surface area contributed by atoms with Crippen LogP contribution in [0.5, 0.6) is 5.75 Å². The maximum Gasteiger partial charge on any atom is 0.411 e. The van der Waals surface area contributed by atoms with Crippen molar-refractivity contribution in [3.8, 4) is 5.75 Å². The minimum atomic E-state index is -0.409. The molecule has 2 aliphatic rings. The summed E-state index contributed by atoms with van der Waals surface area (Å²) >= 11 is 1.81. The molecule has 0 radical (unpaired) electrons. The summed E-state index contributed by atoms with van der Waals surface area (Å²) < 4.78 is 13.0. The summed E-state index contributed by atoms with van der Waals surface area (Å²) in [7, 11) is 0. The number of hydrogen-bond donors (Lipinski definition) is 0. The first-order valence-corrected chi connectivity index (χ1v) is 16.1. The summed E-state index contributed by atoms with van der Waals surface area (Å²) in [6, 6.07) is 14.8. The lowest BCUT2D eigenvalue weighted by Crippen LogP contribution is -2.46. The highest BCUT2D eigenvalue weighted by atomic mass is 32.1. The van der Waals surface area contributed by atoms with E-state index in [0.717, 1.165) is 62.6 Å². The topological polar surface area (TPSA) is 65.6 Å². The molecule has 42 heavy (non-hydrogen) atoms. The summed E-state index contributed by atoms with van der Waals surface area (Å²) in [6.45, 7) is 14.9. The quantitative estimate of drug-likeness (QED) is 0.243. The van der Waals surface area contributed by atoms with Crippen molar-refractivity contribution < 1.29 is 19.1 Å². The fraction of sp³-hybridized carbons (Fsp3) is 0.515. The van der Waals surface area contributed by atoms with Crippen LogP contribution in [0, 0.1) is 0 Å². The first kappa shape index (κ1) is 30.2. The van der Waals surface area contributed by atoms with Crippen molar-refractivity contribution in [3.05, 3.63) is 53.4 Å². The second-order valence-electron chi connectivity index (χ2n) is 11.8. The summed E-state index contributed by atoms with van der Waals surface area (Å²) in [5, 5.41) is 3.55. The molecule has 8 nitrogen and oxygen atoms in total. The van der Waals surface area contributed by atoms with Gasteiger partial charge in [0.2, 0.25) is 5.91 Å². The monoisotopic (exact) mass is 592 g/mol. The van der Waals surface area contributed by atoms with E-state index in [9.17, 15) is 9.59 Å². The van der Waals surface area contributed by atoms with E-state index in [1.165, 1.54) is 15.8 Å². The average Bonchev–Trinajstić information content (AvgIpc) is 3.47. The lowest BCUT2D eigenvalue weighted by molar-refractivity contribution is -0.121. The van der Waals surface area contributed by atoms with E-state index in [1.807, 2.05) is 32.0 Å².